The highest BCUT2D eigenvalue weighted by Gasteiger charge is 2.23. The van der Waals surface area contributed by atoms with Gasteiger partial charge in [0, 0.05) is 23.2 Å². The van der Waals surface area contributed by atoms with Crippen molar-refractivity contribution in [2.45, 2.75) is 38.6 Å². The van der Waals surface area contributed by atoms with Gasteiger partial charge in [0.25, 0.3) is 0 Å². The summed E-state index contributed by atoms with van der Waals surface area (Å²) in [5.41, 5.74) is 4.27. The number of aromatic nitrogens is 7. The molecule has 4 aromatic heterocycles. The minimum absolute atomic E-state index is 0.310. The van der Waals surface area contributed by atoms with E-state index in [-0.39, 0.29) is 5.82 Å². The van der Waals surface area contributed by atoms with Gasteiger partial charge in [-0.1, -0.05) is 12.8 Å². The molecule has 35 heavy (non-hydrogen) atoms. The normalized spacial score (nSPS) is 14.0. The average molecular weight is 488 g/mol. The lowest BCUT2D eigenvalue weighted by atomic mass is 10.1. The Kier molecular flexibility index (Phi) is 5.53. The summed E-state index contributed by atoms with van der Waals surface area (Å²) in [6.45, 7) is 1.93. The Morgan fingerprint density at radius 1 is 1.03 bits per heavy atom. The molecule has 176 valence electrons. The summed E-state index contributed by atoms with van der Waals surface area (Å²) in [6, 6.07) is 8.42. The molecule has 0 atom stereocenters. The summed E-state index contributed by atoms with van der Waals surface area (Å²) in [6.07, 6.45) is 7.81. The fourth-order valence-corrected chi connectivity index (χ4v) is 5.01. The van der Waals surface area contributed by atoms with Gasteiger partial charge in [0.2, 0.25) is 11.9 Å². The predicted molar refractivity (Wildman–Crippen MR) is 133 cm³/mol. The van der Waals surface area contributed by atoms with Crippen LogP contribution < -0.4 is 10.6 Å². The second-order valence-electron chi connectivity index (χ2n) is 8.47. The Morgan fingerprint density at radius 3 is 2.63 bits per heavy atom. The number of nitrogens with zero attached hydrogens (tertiary/aromatic N) is 7. The van der Waals surface area contributed by atoms with E-state index in [1.54, 1.807) is 22.8 Å². The van der Waals surface area contributed by atoms with Crippen molar-refractivity contribution in [3.8, 4) is 22.5 Å². The van der Waals surface area contributed by atoms with Crippen LogP contribution in [0.5, 0.6) is 0 Å². The quantitative estimate of drug-likeness (QED) is 0.335. The summed E-state index contributed by atoms with van der Waals surface area (Å²) in [4.78, 5) is 22.6. The molecule has 0 radical (unpaired) electrons. The maximum absolute atomic E-state index is 13.7. The average Bonchev–Trinajstić information content (AvgIpc) is 3.60. The molecular formula is C24H22FN9S. The van der Waals surface area contributed by atoms with Crippen LogP contribution in [0.2, 0.25) is 0 Å². The topological polar surface area (TPSA) is 106 Å². The molecular weight excluding hydrogens is 465 g/mol. The second-order valence-corrected chi connectivity index (χ2v) is 9.33. The molecule has 1 fully saturated rings. The van der Waals surface area contributed by atoms with Crippen molar-refractivity contribution >= 4 is 34.0 Å². The molecule has 0 spiro atoms. The van der Waals surface area contributed by atoms with Crippen molar-refractivity contribution in [1.29, 1.82) is 0 Å². The molecule has 1 saturated carbocycles. The van der Waals surface area contributed by atoms with Crippen LogP contribution in [0.25, 0.3) is 28.2 Å². The van der Waals surface area contributed by atoms with E-state index in [1.165, 1.54) is 42.6 Å². The Hall–Kier alpha value is -3.99. The highest BCUT2D eigenvalue weighted by atomic mass is 32.1. The molecule has 9 nitrogen and oxygen atoms in total. The zero-order valence-electron chi connectivity index (χ0n) is 18.9. The minimum atomic E-state index is -0.310. The van der Waals surface area contributed by atoms with Crippen LogP contribution in [-0.4, -0.2) is 40.6 Å². The van der Waals surface area contributed by atoms with Crippen molar-refractivity contribution in [3.63, 3.8) is 0 Å². The van der Waals surface area contributed by atoms with E-state index in [0.29, 0.717) is 45.7 Å². The fourth-order valence-electron chi connectivity index (χ4n) is 4.33. The minimum Gasteiger partial charge on any atom is -0.351 e. The van der Waals surface area contributed by atoms with Gasteiger partial charge < -0.3 is 10.6 Å². The number of hydrogen-bond acceptors (Lipinski definition) is 9. The molecule has 0 amide bonds. The number of fused-ring (bicyclic) bond motifs is 1. The van der Waals surface area contributed by atoms with Gasteiger partial charge in [-0.3, -0.25) is 0 Å². The second kappa shape index (κ2) is 8.99. The van der Waals surface area contributed by atoms with Gasteiger partial charge >= 0.3 is 0 Å². The van der Waals surface area contributed by atoms with E-state index in [2.05, 4.69) is 30.6 Å². The Labute approximate surface area is 204 Å². The highest BCUT2D eigenvalue weighted by molar-refractivity contribution is 7.13. The number of thiazole rings is 1. The summed E-state index contributed by atoms with van der Waals surface area (Å²) >= 11 is 1.49. The van der Waals surface area contributed by atoms with Crippen molar-refractivity contribution < 1.29 is 4.39 Å². The van der Waals surface area contributed by atoms with E-state index < -0.39 is 0 Å². The molecule has 1 aliphatic rings. The van der Waals surface area contributed by atoms with Crippen LogP contribution in [0.15, 0.2) is 48.2 Å². The summed E-state index contributed by atoms with van der Waals surface area (Å²) in [5.74, 6) is 0.733. The number of nitrogens with one attached hydrogen (secondary N) is 2. The molecule has 1 aliphatic carbocycles. The van der Waals surface area contributed by atoms with Crippen LogP contribution in [0.1, 0.15) is 31.4 Å². The van der Waals surface area contributed by atoms with Crippen molar-refractivity contribution in [3.05, 3.63) is 59.7 Å². The van der Waals surface area contributed by atoms with Crippen LogP contribution in [0, 0.1) is 12.7 Å². The van der Waals surface area contributed by atoms with Gasteiger partial charge in [-0.15, -0.1) is 11.3 Å². The molecule has 0 unspecified atom stereocenters. The first kappa shape index (κ1) is 21.5. The molecule has 6 rings (SSSR count). The zero-order valence-corrected chi connectivity index (χ0v) is 19.8. The number of rotatable bonds is 6. The third-order valence-electron chi connectivity index (χ3n) is 5.98. The van der Waals surface area contributed by atoms with Crippen LogP contribution in [0.3, 0.4) is 0 Å². The number of benzene rings is 1. The first-order valence-electron chi connectivity index (χ1n) is 11.4. The fraction of sp³-hybridized carbons (Fsp3) is 0.250. The smallest absolute Gasteiger partial charge is 0.229 e. The Balaban J connectivity index is 1.49. The third kappa shape index (κ3) is 4.30. The van der Waals surface area contributed by atoms with Crippen LogP contribution in [0.4, 0.5) is 21.4 Å². The lowest BCUT2D eigenvalue weighted by Crippen LogP contribution is -2.18. The lowest BCUT2D eigenvalue weighted by molar-refractivity contribution is 0.628. The highest BCUT2D eigenvalue weighted by Crippen LogP contribution is 2.35. The van der Waals surface area contributed by atoms with E-state index in [9.17, 15) is 4.39 Å². The molecule has 1 aromatic carbocycles. The van der Waals surface area contributed by atoms with E-state index >= 15 is 0 Å². The molecule has 4 heterocycles. The Morgan fingerprint density at radius 2 is 1.86 bits per heavy atom. The molecule has 2 N–H and O–H groups in total. The number of aryl methyl sites for hydroxylation is 1. The summed E-state index contributed by atoms with van der Waals surface area (Å²) < 4.78 is 15.4. The monoisotopic (exact) mass is 487 g/mol. The molecule has 5 aromatic rings. The molecule has 0 saturated heterocycles. The first-order chi connectivity index (χ1) is 17.1. The van der Waals surface area contributed by atoms with Crippen LogP contribution in [-0.2, 0) is 0 Å². The first-order valence-corrected chi connectivity index (χ1v) is 12.3. The Bertz CT molecular complexity index is 1490. The summed E-state index contributed by atoms with van der Waals surface area (Å²) in [5, 5.41) is 14.2. The van der Waals surface area contributed by atoms with Crippen molar-refractivity contribution in [1.82, 2.24) is 34.5 Å². The standard InChI is InChI=1S/C24H22FN9S/c1-14-12-35-24(29-14)32-22-26-11-10-18(31-22)19-20(15-6-8-16(25)9-7-15)33-34-21(19)27-13-28-23(34)30-17-4-2-3-5-17/h6-13,17H,2-5H2,1H3,(H,27,28,30)(H,26,29,31,32). The molecule has 11 heteroatoms. The maximum atomic E-state index is 13.7. The van der Waals surface area contributed by atoms with Gasteiger partial charge in [0.05, 0.1) is 17.0 Å². The van der Waals surface area contributed by atoms with Gasteiger partial charge in [0.1, 0.15) is 17.8 Å². The zero-order chi connectivity index (χ0) is 23.8. The number of anilines is 3. The lowest BCUT2D eigenvalue weighted by Gasteiger charge is -2.12. The van der Waals surface area contributed by atoms with Gasteiger partial charge in [0.15, 0.2) is 10.8 Å². The molecule has 0 bridgehead atoms. The molecule has 0 aliphatic heterocycles. The van der Waals surface area contributed by atoms with Crippen molar-refractivity contribution in [2.75, 3.05) is 10.6 Å². The SMILES string of the molecule is Cc1csc(Nc2nccc(-c3c(-c4ccc(F)cc4)nn4c(NC5CCCC5)ncnc34)n2)n1. The number of hydrogen-bond donors (Lipinski definition) is 2. The largest absolute Gasteiger partial charge is 0.351 e. The van der Waals surface area contributed by atoms with E-state index in [4.69, 9.17) is 10.1 Å². The predicted octanol–water partition coefficient (Wildman–Crippen LogP) is 5.25. The van der Waals surface area contributed by atoms with Crippen molar-refractivity contribution in [2.24, 2.45) is 0 Å². The summed E-state index contributed by atoms with van der Waals surface area (Å²) in [7, 11) is 0. The third-order valence-corrected chi connectivity index (χ3v) is 6.85. The van der Waals surface area contributed by atoms with Gasteiger partial charge in [-0.05, 0) is 50.1 Å². The van der Waals surface area contributed by atoms with Crippen LogP contribution >= 0.6 is 11.3 Å². The van der Waals surface area contributed by atoms with Gasteiger partial charge in [-0.25, -0.2) is 29.3 Å². The number of halogens is 1. The van der Waals surface area contributed by atoms with E-state index in [0.717, 1.165) is 24.1 Å². The van der Waals surface area contributed by atoms with Gasteiger partial charge in [-0.2, -0.15) is 9.61 Å². The van der Waals surface area contributed by atoms with E-state index in [1.807, 2.05) is 18.4 Å². The maximum Gasteiger partial charge on any atom is 0.229 e.